The molecule has 0 bridgehead atoms. The molecule has 0 saturated carbocycles. The van der Waals surface area contributed by atoms with E-state index in [1.807, 2.05) is 23.6 Å². The van der Waals surface area contributed by atoms with E-state index in [1.54, 1.807) is 26.0 Å². The number of hydrogen-bond acceptors (Lipinski definition) is 3. The van der Waals surface area contributed by atoms with E-state index >= 15 is 0 Å². The number of phenolic OH excluding ortho intramolecular Hbond substituents is 1. The normalized spacial score (nSPS) is 12.4. The van der Waals surface area contributed by atoms with Crippen LogP contribution >= 0.6 is 0 Å². The predicted octanol–water partition coefficient (Wildman–Crippen LogP) is 2.69. The number of rotatable bonds is 4. The van der Waals surface area contributed by atoms with Gasteiger partial charge < -0.3 is 9.67 Å². The van der Waals surface area contributed by atoms with E-state index in [-0.39, 0.29) is 16.8 Å². The number of fused-ring (bicyclic) bond motifs is 1. The highest BCUT2D eigenvalue weighted by Crippen LogP contribution is 2.25. The van der Waals surface area contributed by atoms with E-state index in [9.17, 15) is 13.5 Å². The Hall–Kier alpha value is -1.49. The van der Waals surface area contributed by atoms with Crippen LogP contribution in [0, 0.1) is 0 Å². The molecule has 0 spiro atoms. The molecule has 0 amide bonds. The van der Waals surface area contributed by atoms with Crippen molar-refractivity contribution in [2.24, 2.45) is 0 Å². The van der Waals surface area contributed by atoms with Crippen LogP contribution in [0.4, 0.5) is 0 Å². The third kappa shape index (κ3) is 2.61. The van der Waals surface area contributed by atoms with Crippen molar-refractivity contribution in [3.8, 4) is 5.75 Å². The topological polar surface area (TPSA) is 59.3 Å². The monoisotopic (exact) mass is 281 g/mol. The molecule has 0 aliphatic carbocycles. The maximum absolute atomic E-state index is 12.0. The van der Waals surface area contributed by atoms with E-state index in [0.29, 0.717) is 6.54 Å². The van der Waals surface area contributed by atoms with Crippen molar-refractivity contribution in [2.45, 2.75) is 38.3 Å². The van der Waals surface area contributed by atoms with Crippen molar-refractivity contribution >= 4 is 20.7 Å². The van der Waals surface area contributed by atoms with Gasteiger partial charge in [-0.1, -0.05) is 0 Å². The summed E-state index contributed by atoms with van der Waals surface area (Å²) in [5.74, 6) is 0.229. The summed E-state index contributed by atoms with van der Waals surface area (Å²) in [4.78, 5) is 0. The molecule has 0 radical (unpaired) electrons. The minimum absolute atomic E-state index is 0.0357. The van der Waals surface area contributed by atoms with Crippen LogP contribution in [0.3, 0.4) is 0 Å². The first-order chi connectivity index (χ1) is 8.85. The second-order valence-electron chi connectivity index (χ2n) is 4.98. The molecule has 19 heavy (non-hydrogen) atoms. The predicted molar refractivity (Wildman–Crippen MR) is 77.0 cm³/mol. The van der Waals surface area contributed by atoms with Crippen LogP contribution in [0.5, 0.6) is 5.75 Å². The van der Waals surface area contributed by atoms with E-state index in [4.69, 9.17) is 0 Å². The highest BCUT2D eigenvalue weighted by Gasteiger charge is 2.20. The van der Waals surface area contributed by atoms with Crippen molar-refractivity contribution in [2.75, 3.05) is 0 Å². The molecule has 1 N–H and O–H groups in total. The van der Waals surface area contributed by atoms with Gasteiger partial charge in [0.05, 0.1) is 16.5 Å². The molecule has 1 aromatic carbocycles. The number of phenols is 1. The highest BCUT2D eigenvalue weighted by molar-refractivity contribution is 7.91. The van der Waals surface area contributed by atoms with Crippen LogP contribution in [-0.2, 0) is 22.1 Å². The maximum Gasteiger partial charge on any atom is 0.158 e. The van der Waals surface area contributed by atoms with Gasteiger partial charge in [0, 0.05) is 23.7 Å². The first kappa shape index (κ1) is 13.9. The lowest BCUT2D eigenvalue weighted by Crippen LogP contribution is -2.18. The van der Waals surface area contributed by atoms with Gasteiger partial charge in [-0.05, 0) is 39.0 Å². The molecule has 0 saturated heterocycles. The molecule has 0 aliphatic heterocycles. The summed E-state index contributed by atoms with van der Waals surface area (Å²) in [5.41, 5.74) is 1.65. The largest absolute Gasteiger partial charge is 0.508 e. The van der Waals surface area contributed by atoms with Crippen molar-refractivity contribution in [3.05, 3.63) is 30.0 Å². The molecule has 0 atom stereocenters. The van der Waals surface area contributed by atoms with E-state index in [2.05, 4.69) is 0 Å². The van der Waals surface area contributed by atoms with Gasteiger partial charge >= 0.3 is 0 Å². The number of benzene rings is 1. The number of hydrogen-bond donors (Lipinski definition) is 1. The Morgan fingerprint density at radius 2 is 1.95 bits per heavy atom. The molecule has 0 aliphatic rings. The zero-order chi connectivity index (χ0) is 14.2. The van der Waals surface area contributed by atoms with Crippen LogP contribution in [0.1, 0.15) is 26.5 Å². The number of aryl methyl sites for hydroxylation is 1. The summed E-state index contributed by atoms with van der Waals surface area (Å²) in [6.45, 7) is 6.03. The van der Waals surface area contributed by atoms with Crippen LogP contribution in [0.2, 0.25) is 0 Å². The van der Waals surface area contributed by atoms with Crippen molar-refractivity contribution in [1.82, 2.24) is 4.57 Å². The number of aromatic hydroxyl groups is 1. The Bertz CT molecular complexity index is 699. The quantitative estimate of drug-likeness (QED) is 0.937. The first-order valence-corrected chi connectivity index (χ1v) is 8.09. The lowest BCUT2D eigenvalue weighted by atomic mass is 10.2. The molecule has 0 fully saturated rings. The second kappa shape index (κ2) is 4.89. The Balaban J connectivity index is 2.55. The van der Waals surface area contributed by atoms with Gasteiger partial charge in [0.25, 0.3) is 0 Å². The molecule has 0 unspecified atom stereocenters. The van der Waals surface area contributed by atoms with E-state index in [1.165, 1.54) is 0 Å². The van der Waals surface area contributed by atoms with Crippen LogP contribution < -0.4 is 0 Å². The van der Waals surface area contributed by atoms with Crippen LogP contribution in [0.15, 0.2) is 24.3 Å². The number of sulfone groups is 1. The molecule has 5 heteroatoms. The molecule has 1 aromatic heterocycles. The zero-order valence-electron chi connectivity index (χ0n) is 11.4. The Morgan fingerprint density at radius 3 is 2.53 bits per heavy atom. The van der Waals surface area contributed by atoms with Crippen molar-refractivity contribution in [1.29, 1.82) is 0 Å². The maximum atomic E-state index is 12.0. The van der Waals surface area contributed by atoms with Crippen molar-refractivity contribution < 1.29 is 13.5 Å². The lowest BCUT2D eigenvalue weighted by molar-refractivity contribution is 0.476. The molecular formula is C14H19NO3S. The standard InChI is InChI=1S/C14H19NO3S/c1-4-15-12(9-19(17,18)10(2)3)7-11-5-6-13(16)8-14(11)15/h5-8,10,16H,4,9H2,1-3H3. The Morgan fingerprint density at radius 1 is 1.26 bits per heavy atom. The zero-order valence-corrected chi connectivity index (χ0v) is 12.2. The van der Waals surface area contributed by atoms with Crippen molar-refractivity contribution in [3.63, 3.8) is 0 Å². The fraction of sp³-hybridized carbons (Fsp3) is 0.429. The van der Waals surface area contributed by atoms with E-state index in [0.717, 1.165) is 16.6 Å². The van der Waals surface area contributed by atoms with Gasteiger partial charge in [-0.2, -0.15) is 0 Å². The third-order valence-electron chi connectivity index (χ3n) is 3.36. The fourth-order valence-electron chi connectivity index (χ4n) is 2.17. The summed E-state index contributed by atoms with van der Waals surface area (Å²) in [7, 11) is -3.12. The molecule has 2 aromatic rings. The summed E-state index contributed by atoms with van der Waals surface area (Å²) < 4.78 is 26.0. The highest BCUT2D eigenvalue weighted by atomic mass is 32.2. The summed E-state index contributed by atoms with van der Waals surface area (Å²) in [5, 5.41) is 10.1. The number of aromatic nitrogens is 1. The van der Waals surface area contributed by atoms with Gasteiger partial charge in [-0.25, -0.2) is 8.42 Å². The van der Waals surface area contributed by atoms with Crippen LogP contribution in [-0.4, -0.2) is 23.3 Å². The van der Waals surface area contributed by atoms with Gasteiger partial charge in [0.2, 0.25) is 0 Å². The molecule has 2 rings (SSSR count). The smallest absolute Gasteiger partial charge is 0.158 e. The lowest BCUT2D eigenvalue weighted by Gasteiger charge is -2.10. The molecule has 1 heterocycles. The average molecular weight is 281 g/mol. The summed E-state index contributed by atoms with van der Waals surface area (Å²) in [6, 6.07) is 6.98. The van der Waals surface area contributed by atoms with Gasteiger partial charge in [-0.3, -0.25) is 0 Å². The molecular weight excluding hydrogens is 262 g/mol. The average Bonchev–Trinajstić information content (AvgIpc) is 2.64. The molecule has 104 valence electrons. The second-order valence-corrected chi connectivity index (χ2v) is 7.54. The molecule has 4 nitrogen and oxygen atoms in total. The Kier molecular flexibility index (Phi) is 3.58. The number of nitrogens with zero attached hydrogens (tertiary/aromatic N) is 1. The minimum atomic E-state index is -3.12. The minimum Gasteiger partial charge on any atom is -0.508 e. The first-order valence-electron chi connectivity index (χ1n) is 6.38. The Labute approximate surface area is 113 Å². The van der Waals surface area contributed by atoms with Gasteiger partial charge in [0.15, 0.2) is 9.84 Å². The third-order valence-corrected chi connectivity index (χ3v) is 5.49. The van der Waals surface area contributed by atoms with E-state index < -0.39 is 9.84 Å². The van der Waals surface area contributed by atoms with Gasteiger partial charge in [0.1, 0.15) is 5.75 Å². The fourth-order valence-corrected chi connectivity index (χ4v) is 3.15. The summed E-state index contributed by atoms with van der Waals surface area (Å²) in [6.07, 6.45) is 0. The SMILES string of the molecule is CCn1c(CS(=O)(=O)C(C)C)cc2ccc(O)cc21. The van der Waals surface area contributed by atoms with Gasteiger partial charge in [-0.15, -0.1) is 0 Å². The van der Waals surface area contributed by atoms with Crippen LogP contribution in [0.25, 0.3) is 10.9 Å². The summed E-state index contributed by atoms with van der Waals surface area (Å²) >= 11 is 0.